The van der Waals surface area contributed by atoms with Gasteiger partial charge in [0.1, 0.15) is 35.2 Å². The molecule has 1 aliphatic carbocycles. The lowest BCUT2D eigenvalue weighted by atomic mass is 9.86. The Balaban J connectivity index is 1.19. The predicted molar refractivity (Wildman–Crippen MR) is 222 cm³/mol. The van der Waals surface area contributed by atoms with Crippen molar-refractivity contribution in [3.8, 4) is 22.8 Å². The van der Waals surface area contributed by atoms with Gasteiger partial charge in [0.2, 0.25) is 17.7 Å². The van der Waals surface area contributed by atoms with Crippen LogP contribution in [-0.4, -0.2) is 106 Å². The zero-order chi connectivity index (χ0) is 41.9. The number of methoxy groups -OCH3 is 1. The van der Waals surface area contributed by atoms with Crippen LogP contribution >= 0.6 is 0 Å². The van der Waals surface area contributed by atoms with Gasteiger partial charge in [-0.05, 0) is 49.7 Å². The van der Waals surface area contributed by atoms with Gasteiger partial charge in [-0.2, -0.15) is 0 Å². The lowest BCUT2D eigenvalue weighted by Gasteiger charge is -2.35. The highest BCUT2D eigenvalue weighted by molar-refractivity contribution is 5.96. The molecule has 6 atom stereocenters. The van der Waals surface area contributed by atoms with E-state index in [0.717, 1.165) is 31.2 Å². The first-order valence-corrected chi connectivity index (χ1v) is 20.8. The SMILES string of the molecule is COc1ccc2c(O[C@@H]3C[C@H]4C(=O)N[C@]5(C(=O)O)CC5/C=C\CCCCC[C@H](NC(=O)N[C@H](CN5CCCC5=O)C(C)(C)C)C(=O)N4C3)cc(-c3ccccc3)nc2c1. The van der Waals surface area contributed by atoms with Crippen LogP contribution < -0.4 is 25.4 Å². The van der Waals surface area contributed by atoms with Crippen molar-refractivity contribution in [2.24, 2.45) is 11.3 Å². The van der Waals surface area contributed by atoms with E-state index in [4.69, 9.17) is 14.5 Å². The molecule has 4 heterocycles. The van der Waals surface area contributed by atoms with Crippen LogP contribution in [0.2, 0.25) is 0 Å². The number of nitrogens with one attached hydrogen (secondary N) is 3. The van der Waals surface area contributed by atoms with E-state index in [9.17, 15) is 29.1 Å². The van der Waals surface area contributed by atoms with Crippen LogP contribution in [0.4, 0.5) is 4.79 Å². The zero-order valence-corrected chi connectivity index (χ0v) is 34.4. The Morgan fingerprint density at radius 3 is 2.56 bits per heavy atom. The number of aromatic nitrogens is 1. The molecular formula is C45H56N6O8. The number of likely N-dealkylation sites (tertiary alicyclic amines) is 1. The molecule has 1 unspecified atom stereocenters. The first-order chi connectivity index (χ1) is 28.3. The van der Waals surface area contributed by atoms with E-state index < -0.39 is 59.0 Å². The average molecular weight is 809 g/mol. The smallest absolute Gasteiger partial charge is 0.330 e. The maximum absolute atomic E-state index is 14.8. The number of benzene rings is 2. The quantitative estimate of drug-likeness (QED) is 0.205. The minimum atomic E-state index is -1.47. The van der Waals surface area contributed by atoms with E-state index in [2.05, 4.69) is 16.0 Å². The first kappa shape index (κ1) is 41.5. The van der Waals surface area contributed by atoms with Crippen LogP contribution in [0.1, 0.15) is 78.6 Å². The Hall–Kier alpha value is -5.66. The Labute approximate surface area is 345 Å². The van der Waals surface area contributed by atoms with E-state index in [0.29, 0.717) is 60.4 Å². The Kier molecular flexibility index (Phi) is 12.2. The average Bonchev–Trinajstić information content (AvgIpc) is 3.49. The molecule has 314 valence electrons. The maximum atomic E-state index is 14.8. The topological polar surface area (TPSA) is 180 Å². The normalized spacial score (nSPS) is 26.1. The summed E-state index contributed by atoms with van der Waals surface area (Å²) in [6, 6.07) is 14.0. The van der Waals surface area contributed by atoms with Crippen molar-refractivity contribution in [3.63, 3.8) is 0 Å². The maximum Gasteiger partial charge on any atom is 0.330 e. The van der Waals surface area contributed by atoms with Gasteiger partial charge in [0, 0.05) is 54.9 Å². The van der Waals surface area contributed by atoms with Crippen LogP contribution in [0.5, 0.6) is 11.5 Å². The Bertz CT molecular complexity index is 2100. The molecular weight excluding hydrogens is 753 g/mol. The van der Waals surface area contributed by atoms with Gasteiger partial charge in [-0.15, -0.1) is 0 Å². The summed E-state index contributed by atoms with van der Waals surface area (Å²) >= 11 is 0. The number of carbonyl (C=O) groups excluding carboxylic acids is 4. The molecule has 2 aromatic carbocycles. The lowest BCUT2D eigenvalue weighted by molar-refractivity contribution is -0.145. The van der Waals surface area contributed by atoms with Gasteiger partial charge in [-0.25, -0.2) is 14.6 Å². The molecule has 2 saturated heterocycles. The highest BCUT2D eigenvalue weighted by Gasteiger charge is 2.61. The van der Waals surface area contributed by atoms with Crippen molar-refractivity contribution in [1.29, 1.82) is 0 Å². The summed E-state index contributed by atoms with van der Waals surface area (Å²) < 4.78 is 12.2. The highest BCUT2D eigenvalue weighted by Crippen LogP contribution is 2.45. The summed E-state index contributed by atoms with van der Waals surface area (Å²) in [6.07, 6.45) is 8.07. The summed E-state index contributed by atoms with van der Waals surface area (Å²) in [5, 5.41) is 19.9. The second kappa shape index (κ2) is 17.3. The minimum absolute atomic E-state index is 0.0163. The van der Waals surface area contributed by atoms with Crippen molar-refractivity contribution >= 4 is 40.6 Å². The highest BCUT2D eigenvalue weighted by atomic mass is 16.5. The first-order valence-electron chi connectivity index (χ1n) is 20.8. The number of hydrogen-bond acceptors (Lipinski definition) is 8. The molecule has 0 bridgehead atoms. The number of amides is 5. The van der Waals surface area contributed by atoms with Crippen LogP contribution in [0, 0.1) is 11.3 Å². The molecule has 59 heavy (non-hydrogen) atoms. The molecule has 1 aromatic heterocycles. The van der Waals surface area contributed by atoms with Gasteiger partial charge >= 0.3 is 12.0 Å². The fourth-order valence-electron chi connectivity index (χ4n) is 8.50. The third-order valence-electron chi connectivity index (χ3n) is 12.2. The summed E-state index contributed by atoms with van der Waals surface area (Å²) in [7, 11) is 1.58. The third kappa shape index (κ3) is 9.31. The molecule has 1 saturated carbocycles. The molecule has 14 nitrogen and oxygen atoms in total. The molecule has 7 rings (SSSR count). The molecule has 5 amide bonds. The van der Waals surface area contributed by atoms with Crippen molar-refractivity contribution in [3.05, 3.63) is 66.7 Å². The van der Waals surface area contributed by atoms with E-state index in [1.807, 2.05) is 87.5 Å². The molecule has 0 spiro atoms. The number of carbonyl (C=O) groups is 5. The lowest BCUT2D eigenvalue weighted by Crippen LogP contribution is -2.59. The number of rotatable bonds is 9. The van der Waals surface area contributed by atoms with E-state index >= 15 is 0 Å². The van der Waals surface area contributed by atoms with Crippen molar-refractivity contribution in [1.82, 2.24) is 30.7 Å². The second-order valence-corrected chi connectivity index (χ2v) is 17.4. The molecule has 3 fully saturated rings. The van der Waals surface area contributed by atoms with Crippen LogP contribution in [0.3, 0.4) is 0 Å². The van der Waals surface area contributed by atoms with Gasteiger partial charge < -0.3 is 40.3 Å². The van der Waals surface area contributed by atoms with Crippen LogP contribution in [-0.2, 0) is 19.2 Å². The van der Waals surface area contributed by atoms with Crippen LogP contribution in [0.25, 0.3) is 22.2 Å². The Morgan fingerprint density at radius 2 is 1.85 bits per heavy atom. The largest absolute Gasteiger partial charge is 0.497 e. The predicted octanol–water partition coefficient (Wildman–Crippen LogP) is 5.44. The fraction of sp³-hybridized carbons (Fsp3) is 0.511. The molecule has 0 radical (unpaired) electrons. The number of aliphatic carboxylic acids is 1. The molecule has 14 heteroatoms. The monoisotopic (exact) mass is 808 g/mol. The third-order valence-corrected chi connectivity index (χ3v) is 12.2. The second-order valence-electron chi connectivity index (χ2n) is 17.4. The van der Waals surface area contributed by atoms with Gasteiger partial charge in [0.25, 0.3) is 0 Å². The van der Waals surface area contributed by atoms with Gasteiger partial charge in [0.05, 0.1) is 30.9 Å². The number of pyridine rings is 1. The van der Waals surface area contributed by atoms with Crippen LogP contribution in [0.15, 0.2) is 66.7 Å². The summed E-state index contributed by atoms with van der Waals surface area (Å²) in [6.45, 7) is 6.99. The fourth-order valence-corrected chi connectivity index (χ4v) is 8.50. The summed E-state index contributed by atoms with van der Waals surface area (Å²) in [5.41, 5.74) is 0.304. The Morgan fingerprint density at radius 1 is 1.05 bits per heavy atom. The number of nitrogens with zero attached hydrogens (tertiary/aromatic N) is 3. The zero-order valence-electron chi connectivity index (χ0n) is 34.4. The number of allylic oxidation sites excluding steroid dienone is 1. The summed E-state index contributed by atoms with van der Waals surface area (Å²) in [5.74, 6) is -1.34. The van der Waals surface area contributed by atoms with E-state index in [-0.39, 0.29) is 31.2 Å². The standard InChI is InChI=1S/C45H56N6O8/c1-44(2,3)38(27-50-21-13-18-39(50)52)48-43(57)47-33-17-12-7-5-6-11-16-29-25-45(29,42(55)56)49-40(53)36-23-31(26-51(36)41(33)54)59-37-24-34(28-14-9-8-10-15-28)46-35-22-30(58-4)19-20-32(35)37/h8-11,14-16,19-20,22,24,29,31,33,36,38H,5-7,12-13,17-18,21,23,25-27H2,1-4H3,(H,49,53)(H,55,56)(H2,47,48,57)/b16-11-/t29?,31-,33+,36+,38-,45-/m1/s1. The number of urea groups is 1. The number of hydrogen-bond donors (Lipinski definition) is 4. The van der Waals surface area contributed by atoms with Gasteiger partial charge in [0.15, 0.2) is 0 Å². The molecule has 4 N–H and O–H groups in total. The minimum Gasteiger partial charge on any atom is -0.497 e. The number of carboxylic acids is 1. The number of ether oxygens (including phenoxy) is 2. The summed E-state index contributed by atoms with van der Waals surface area (Å²) in [4.78, 5) is 76.3. The number of fused-ring (bicyclic) bond motifs is 3. The molecule has 3 aliphatic heterocycles. The van der Waals surface area contributed by atoms with Gasteiger partial charge in [-0.3, -0.25) is 14.4 Å². The van der Waals surface area contributed by atoms with Gasteiger partial charge in [-0.1, -0.05) is 76.1 Å². The number of carboxylic acid groups (broad SMARTS) is 1. The van der Waals surface area contributed by atoms with E-state index in [1.54, 1.807) is 12.0 Å². The van der Waals surface area contributed by atoms with Crippen molar-refractivity contribution < 1.29 is 38.6 Å². The molecule has 3 aromatic rings. The van der Waals surface area contributed by atoms with Crippen molar-refractivity contribution in [2.75, 3.05) is 26.7 Å². The van der Waals surface area contributed by atoms with Crippen molar-refractivity contribution in [2.45, 2.75) is 108 Å². The molecule has 4 aliphatic rings. The van der Waals surface area contributed by atoms with E-state index in [1.165, 1.54) is 4.90 Å².